The molecule has 0 aromatic heterocycles. The summed E-state index contributed by atoms with van der Waals surface area (Å²) in [5.74, 6) is -1.08. The van der Waals surface area contributed by atoms with Crippen molar-refractivity contribution in [1.82, 2.24) is 0 Å². The zero-order chi connectivity index (χ0) is 14.8. The lowest BCUT2D eigenvalue weighted by Crippen LogP contribution is -2.22. The summed E-state index contributed by atoms with van der Waals surface area (Å²) in [5, 5.41) is 8.75. The number of carboxylic acid groups (broad SMARTS) is 1. The fraction of sp³-hybridized carbons (Fsp3) is 0.533. The molecule has 1 aromatic rings. The van der Waals surface area contributed by atoms with Crippen LogP contribution in [-0.4, -0.2) is 24.7 Å². The lowest BCUT2D eigenvalue weighted by molar-refractivity contribution is 0.0696. The molecular weight excluding hydrogens is 276 g/mol. The molecular formula is C15H20O4S. The van der Waals surface area contributed by atoms with Crippen molar-refractivity contribution in [3.63, 3.8) is 0 Å². The molecule has 0 atom stereocenters. The molecule has 1 aliphatic rings. The minimum atomic E-state index is -3.44. The molecule has 1 saturated carbocycles. The summed E-state index contributed by atoms with van der Waals surface area (Å²) in [6, 6.07) is 4.49. The van der Waals surface area contributed by atoms with Gasteiger partial charge in [-0.25, -0.2) is 13.2 Å². The number of benzene rings is 1. The van der Waals surface area contributed by atoms with E-state index in [2.05, 4.69) is 0 Å². The second kappa shape index (κ2) is 5.95. The van der Waals surface area contributed by atoms with Crippen LogP contribution < -0.4 is 0 Å². The maximum atomic E-state index is 12.7. The highest BCUT2D eigenvalue weighted by molar-refractivity contribution is 7.92. The van der Waals surface area contributed by atoms with E-state index in [1.54, 1.807) is 6.92 Å². The molecule has 0 heterocycles. The highest BCUT2D eigenvalue weighted by Gasteiger charge is 2.30. The average molecular weight is 296 g/mol. The Morgan fingerprint density at radius 2 is 1.75 bits per heavy atom. The van der Waals surface area contributed by atoms with E-state index < -0.39 is 15.8 Å². The Hall–Kier alpha value is -1.36. The van der Waals surface area contributed by atoms with Crippen LogP contribution in [0.5, 0.6) is 0 Å². The summed E-state index contributed by atoms with van der Waals surface area (Å²) < 4.78 is 25.5. The van der Waals surface area contributed by atoms with Crippen LogP contribution in [0.25, 0.3) is 0 Å². The molecule has 0 unspecified atom stereocenters. The Bertz CT molecular complexity index is 596. The third-order valence-corrected chi connectivity index (χ3v) is 6.47. The van der Waals surface area contributed by atoms with Gasteiger partial charge in [-0.15, -0.1) is 0 Å². The molecule has 110 valence electrons. The van der Waals surface area contributed by atoms with E-state index in [-0.39, 0.29) is 15.7 Å². The van der Waals surface area contributed by atoms with Crippen molar-refractivity contribution < 1.29 is 18.3 Å². The molecule has 4 nitrogen and oxygen atoms in total. The first-order valence-electron chi connectivity index (χ1n) is 7.01. The van der Waals surface area contributed by atoms with E-state index in [9.17, 15) is 13.2 Å². The molecule has 20 heavy (non-hydrogen) atoms. The quantitative estimate of drug-likeness (QED) is 0.869. The first kappa shape index (κ1) is 15.0. The van der Waals surface area contributed by atoms with Gasteiger partial charge in [0.05, 0.1) is 15.7 Å². The summed E-state index contributed by atoms with van der Waals surface area (Å²) in [5.41, 5.74) is 0.420. The second-order valence-electron chi connectivity index (χ2n) is 5.39. The molecule has 1 N–H and O–H groups in total. The summed E-state index contributed by atoms with van der Waals surface area (Å²) in [4.78, 5) is 11.3. The third-order valence-electron chi connectivity index (χ3n) is 4.06. The van der Waals surface area contributed by atoms with Gasteiger partial charge in [0.2, 0.25) is 0 Å². The predicted octanol–water partition coefficient (Wildman–Crippen LogP) is 3.19. The number of hydrogen-bond donors (Lipinski definition) is 1. The van der Waals surface area contributed by atoms with Crippen molar-refractivity contribution in [1.29, 1.82) is 0 Å². The fourth-order valence-electron chi connectivity index (χ4n) is 2.89. The number of sulfone groups is 1. The summed E-state index contributed by atoms with van der Waals surface area (Å²) in [7, 11) is -3.44. The second-order valence-corrected chi connectivity index (χ2v) is 7.59. The topological polar surface area (TPSA) is 71.4 Å². The van der Waals surface area contributed by atoms with Crippen LogP contribution in [0.4, 0.5) is 0 Å². The zero-order valence-electron chi connectivity index (χ0n) is 11.6. The molecule has 2 rings (SSSR count). The minimum absolute atomic E-state index is 0.0692. The van der Waals surface area contributed by atoms with Crippen molar-refractivity contribution in [2.24, 2.45) is 0 Å². The van der Waals surface area contributed by atoms with Crippen LogP contribution in [0.1, 0.15) is 54.4 Å². The number of hydrogen-bond acceptors (Lipinski definition) is 3. The molecule has 1 aliphatic carbocycles. The zero-order valence-corrected chi connectivity index (χ0v) is 12.4. The molecule has 0 bridgehead atoms. The largest absolute Gasteiger partial charge is 0.478 e. The van der Waals surface area contributed by atoms with Crippen molar-refractivity contribution >= 4 is 15.8 Å². The predicted molar refractivity (Wildman–Crippen MR) is 76.8 cm³/mol. The van der Waals surface area contributed by atoms with Crippen LogP contribution in [0.2, 0.25) is 0 Å². The first-order chi connectivity index (χ1) is 9.44. The Labute approximate surface area is 119 Å². The lowest BCUT2D eigenvalue weighted by atomic mass is 10.1. The van der Waals surface area contributed by atoms with Gasteiger partial charge in [0.15, 0.2) is 9.84 Å². The minimum Gasteiger partial charge on any atom is -0.478 e. The average Bonchev–Trinajstić information content (AvgIpc) is 2.67. The monoisotopic (exact) mass is 296 g/mol. The summed E-state index contributed by atoms with van der Waals surface area (Å²) in [6.45, 7) is 1.58. The smallest absolute Gasteiger partial charge is 0.335 e. The molecule has 0 spiro atoms. The maximum Gasteiger partial charge on any atom is 0.335 e. The Balaban J connectivity index is 2.43. The molecule has 1 fully saturated rings. The van der Waals surface area contributed by atoms with Crippen LogP contribution in [-0.2, 0) is 9.84 Å². The van der Waals surface area contributed by atoms with Crippen LogP contribution in [0.15, 0.2) is 23.1 Å². The third kappa shape index (κ3) is 2.87. The fourth-order valence-corrected chi connectivity index (χ4v) is 5.00. The van der Waals surface area contributed by atoms with E-state index in [1.807, 2.05) is 0 Å². The normalized spacial score (nSPS) is 17.6. The van der Waals surface area contributed by atoms with Gasteiger partial charge >= 0.3 is 5.97 Å². The van der Waals surface area contributed by atoms with E-state index in [4.69, 9.17) is 5.11 Å². The summed E-state index contributed by atoms with van der Waals surface area (Å²) >= 11 is 0. The lowest BCUT2D eigenvalue weighted by Gasteiger charge is -2.17. The molecule has 0 aliphatic heterocycles. The van der Waals surface area contributed by atoms with Gasteiger partial charge in [0.1, 0.15) is 0 Å². The van der Waals surface area contributed by atoms with Gasteiger partial charge in [-0.2, -0.15) is 0 Å². The van der Waals surface area contributed by atoms with Crippen LogP contribution in [0.3, 0.4) is 0 Å². The summed E-state index contributed by atoms with van der Waals surface area (Å²) in [6.07, 6.45) is 5.39. The molecule has 0 radical (unpaired) electrons. The van der Waals surface area contributed by atoms with Crippen molar-refractivity contribution in [3.8, 4) is 0 Å². The number of carbonyl (C=O) groups is 1. The number of aromatic carboxylic acids is 1. The highest BCUT2D eigenvalue weighted by Crippen LogP contribution is 2.30. The number of carboxylic acids is 1. The SMILES string of the molecule is Cc1c(C(=O)O)cccc1S(=O)(=O)C1CCCCCC1. The standard InChI is InChI=1S/C15H20O4S/c1-11-13(15(16)17)9-6-10-14(11)20(18,19)12-7-4-2-3-5-8-12/h6,9-10,12H,2-5,7-8H2,1H3,(H,16,17). The van der Waals surface area contributed by atoms with Crippen LogP contribution in [0, 0.1) is 6.92 Å². The van der Waals surface area contributed by atoms with Gasteiger partial charge in [-0.05, 0) is 37.5 Å². The molecule has 5 heteroatoms. The number of rotatable bonds is 3. The van der Waals surface area contributed by atoms with Gasteiger partial charge in [-0.3, -0.25) is 0 Å². The van der Waals surface area contributed by atoms with Gasteiger partial charge in [0.25, 0.3) is 0 Å². The molecule has 0 saturated heterocycles. The van der Waals surface area contributed by atoms with Crippen LogP contribution >= 0.6 is 0 Å². The Morgan fingerprint density at radius 3 is 2.30 bits per heavy atom. The van der Waals surface area contributed by atoms with E-state index in [0.29, 0.717) is 18.4 Å². The highest BCUT2D eigenvalue weighted by atomic mass is 32.2. The van der Waals surface area contributed by atoms with E-state index in [0.717, 1.165) is 25.7 Å². The van der Waals surface area contributed by atoms with Crippen molar-refractivity contribution in [2.45, 2.75) is 55.6 Å². The van der Waals surface area contributed by atoms with Gasteiger partial charge < -0.3 is 5.11 Å². The molecule has 0 amide bonds. The van der Waals surface area contributed by atoms with Crippen molar-refractivity contribution in [3.05, 3.63) is 29.3 Å². The van der Waals surface area contributed by atoms with Gasteiger partial charge in [-0.1, -0.05) is 31.7 Å². The Morgan fingerprint density at radius 1 is 1.15 bits per heavy atom. The van der Waals surface area contributed by atoms with E-state index >= 15 is 0 Å². The molecule has 1 aromatic carbocycles. The van der Waals surface area contributed by atoms with Crippen molar-refractivity contribution in [2.75, 3.05) is 0 Å². The van der Waals surface area contributed by atoms with Gasteiger partial charge in [0, 0.05) is 0 Å². The first-order valence-corrected chi connectivity index (χ1v) is 8.56. The van der Waals surface area contributed by atoms with E-state index in [1.165, 1.54) is 18.2 Å². The maximum absolute atomic E-state index is 12.7. The Kier molecular flexibility index (Phi) is 4.48.